The minimum atomic E-state index is -0.723. The Morgan fingerprint density at radius 1 is 1.47 bits per heavy atom. The fraction of sp³-hybridized carbons (Fsp3) is 0.417. The molecule has 92 valence electrons. The zero-order valence-electron chi connectivity index (χ0n) is 9.25. The lowest BCUT2D eigenvalue weighted by atomic mass is 10.2. The van der Waals surface area contributed by atoms with Gasteiger partial charge < -0.3 is 9.84 Å². The van der Waals surface area contributed by atoms with Gasteiger partial charge in [-0.1, -0.05) is 52.9 Å². The first-order valence-electron chi connectivity index (χ1n) is 5.48. The molecular weight excluding hydrogens is 333 g/mol. The fourth-order valence-electron chi connectivity index (χ4n) is 1.74. The van der Waals surface area contributed by atoms with Crippen LogP contribution in [0.1, 0.15) is 12.0 Å². The van der Waals surface area contributed by atoms with Gasteiger partial charge in [-0.05, 0) is 12.0 Å². The van der Waals surface area contributed by atoms with Crippen molar-refractivity contribution >= 4 is 28.7 Å². The summed E-state index contributed by atoms with van der Waals surface area (Å²) in [6, 6.07) is 9.50. The summed E-state index contributed by atoms with van der Waals surface area (Å²) in [6.07, 6.45) is -0.360. The van der Waals surface area contributed by atoms with Gasteiger partial charge in [-0.15, -0.1) is 0 Å². The molecule has 0 aromatic heterocycles. The number of carbonyl (C=O) groups excluding carboxylic acids is 1. The van der Waals surface area contributed by atoms with Crippen LogP contribution in [-0.2, 0) is 11.3 Å². The van der Waals surface area contributed by atoms with Gasteiger partial charge in [-0.3, -0.25) is 4.90 Å². The number of benzene rings is 1. The second kappa shape index (κ2) is 5.68. The molecule has 0 saturated carbocycles. The molecule has 2 atom stereocenters. The highest BCUT2D eigenvalue weighted by Crippen LogP contribution is 2.23. The lowest BCUT2D eigenvalue weighted by Crippen LogP contribution is -2.38. The molecule has 1 fully saturated rings. The van der Waals surface area contributed by atoms with E-state index in [4.69, 9.17) is 4.74 Å². The number of amides is 1. The summed E-state index contributed by atoms with van der Waals surface area (Å²) < 4.78 is 5.25. The average Bonchev–Trinajstić information content (AvgIpc) is 2.69. The number of likely N-dealkylation sites (tertiary alicyclic amines) is 1. The monoisotopic (exact) mass is 347 g/mol. The third-order valence-electron chi connectivity index (χ3n) is 2.73. The molecule has 4 nitrogen and oxygen atoms in total. The Hall–Kier alpha value is -0.820. The molecular formula is C12H14INO3. The zero-order chi connectivity index (χ0) is 12.3. The van der Waals surface area contributed by atoms with Gasteiger partial charge >= 0.3 is 6.09 Å². The fourth-order valence-corrected chi connectivity index (χ4v) is 2.41. The first-order valence-corrected chi connectivity index (χ1v) is 6.72. The van der Waals surface area contributed by atoms with Crippen LogP contribution in [0.3, 0.4) is 0 Å². The van der Waals surface area contributed by atoms with E-state index in [-0.39, 0.29) is 10.5 Å². The van der Waals surface area contributed by atoms with Gasteiger partial charge in [0.25, 0.3) is 0 Å². The van der Waals surface area contributed by atoms with Crippen molar-refractivity contribution in [2.45, 2.75) is 23.2 Å². The largest absolute Gasteiger partial charge is 0.444 e. The number of halogens is 1. The SMILES string of the molecule is O=C(OCc1ccccc1)N1CC[C@@H](I)[C@@H]1O. The maximum absolute atomic E-state index is 11.7. The molecule has 5 heteroatoms. The van der Waals surface area contributed by atoms with Crippen LogP contribution in [0.15, 0.2) is 30.3 Å². The number of nitrogens with zero attached hydrogens (tertiary/aromatic N) is 1. The van der Waals surface area contributed by atoms with Gasteiger partial charge in [0.1, 0.15) is 12.8 Å². The number of hydrogen-bond donors (Lipinski definition) is 1. The maximum atomic E-state index is 11.7. The Morgan fingerprint density at radius 3 is 2.76 bits per heavy atom. The Balaban J connectivity index is 1.86. The van der Waals surface area contributed by atoms with Crippen molar-refractivity contribution in [3.63, 3.8) is 0 Å². The number of aliphatic hydroxyl groups excluding tert-OH is 1. The van der Waals surface area contributed by atoms with Gasteiger partial charge in [0, 0.05) is 6.54 Å². The van der Waals surface area contributed by atoms with Crippen molar-refractivity contribution in [1.82, 2.24) is 4.90 Å². The molecule has 1 aromatic carbocycles. The number of aliphatic hydroxyl groups is 1. The van der Waals surface area contributed by atoms with Crippen LogP contribution in [0.4, 0.5) is 4.79 Å². The smallest absolute Gasteiger partial charge is 0.412 e. The predicted molar refractivity (Wildman–Crippen MR) is 71.8 cm³/mol. The first-order chi connectivity index (χ1) is 8.18. The highest BCUT2D eigenvalue weighted by atomic mass is 127. The third-order valence-corrected chi connectivity index (χ3v) is 3.99. The number of rotatable bonds is 2. The van der Waals surface area contributed by atoms with Crippen molar-refractivity contribution in [1.29, 1.82) is 0 Å². The summed E-state index contributed by atoms with van der Waals surface area (Å²) in [7, 11) is 0. The minimum absolute atomic E-state index is 0.0943. The normalized spacial score (nSPS) is 23.8. The highest BCUT2D eigenvalue weighted by Gasteiger charge is 2.34. The first kappa shape index (κ1) is 12.6. The standard InChI is InChI=1S/C12H14INO3/c13-10-6-7-14(11(10)15)12(16)17-8-9-4-2-1-3-5-9/h1-5,10-11,15H,6-8H2/t10-,11+/m1/s1. The van der Waals surface area contributed by atoms with E-state index in [1.807, 2.05) is 30.3 Å². The predicted octanol–water partition coefficient (Wildman–Crippen LogP) is 2.15. The summed E-state index contributed by atoms with van der Waals surface area (Å²) in [6.45, 7) is 0.803. The van der Waals surface area contributed by atoms with E-state index < -0.39 is 12.3 Å². The molecule has 1 heterocycles. The third kappa shape index (κ3) is 3.10. The van der Waals surface area contributed by atoms with Crippen LogP contribution in [-0.4, -0.2) is 32.8 Å². The number of hydrogen-bond acceptors (Lipinski definition) is 3. The van der Waals surface area contributed by atoms with Crippen molar-refractivity contribution in [3.8, 4) is 0 Å². The lowest BCUT2D eigenvalue weighted by molar-refractivity contribution is 0.0257. The van der Waals surface area contributed by atoms with Crippen LogP contribution in [0.25, 0.3) is 0 Å². The van der Waals surface area contributed by atoms with Crippen LogP contribution in [0.2, 0.25) is 0 Å². The molecule has 0 aliphatic carbocycles. The zero-order valence-corrected chi connectivity index (χ0v) is 11.4. The lowest BCUT2D eigenvalue weighted by Gasteiger charge is -2.20. The average molecular weight is 347 g/mol. The van der Waals surface area contributed by atoms with Gasteiger partial charge in [-0.2, -0.15) is 0 Å². The van der Waals surface area contributed by atoms with E-state index in [0.29, 0.717) is 6.54 Å². The molecule has 17 heavy (non-hydrogen) atoms. The molecule has 1 aliphatic heterocycles. The molecule has 1 aliphatic rings. The maximum Gasteiger partial charge on any atom is 0.412 e. The van der Waals surface area contributed by atoms with E-state index >= 15 is 0 Å². The van der Waals surface area contributed by atoms with Crippen molar-refractivity contribution in [2.75, 3.05) is 6.54 Å². The van der Waals surface area contributed by atoms with Crippen LogP contribution in [0.5, 0.6) is 0 Å². The summed E-state index contributed by atoms with van der Waals surface area (Å²) >= 11 is 2.15. The molecule has 0 radical (unpaired) electrons. The van der Waals surface area contributed by atoms with Crippen molar-refractivity contribution < 1.29 is 14.6 Å². The Kier molecular flexibility index (Phi) is 4.22. The second-order valence-electron chi connectivity index (χ2n) is 3.95. The molecule has 2 rings (SSSR count). The number of alkyl halides is 1. The Labute approximate surface area is 114 Å². The highest BCUT2D eigenvalue weighted by molar-refractivity contribution is 14.1. The molecule has 0 unspecified atom stereocenters. The van der Waals surface area contributed by atoms with E-state index in [2.05, 4.69) is 22.6 Å². The summed E-state index contributed by atoms with van der Waals surface area (Å²) in [5, 5.41) is 9.74. The topological polar surface area (TPSA) is 49.8 Å². The van der Waals surface area contributed by atoms with Gasteiger partial charge in [0.2, 0.25) is 0 Å². The summed E-state index contributed by atoms with van der Waals surface area (Å²) in [5.41, 5.74) is 0.945. The van der Waals surface area contributed by atoms with E-state index in [0.717, 1.165) is 12.0 Å². The van der Waals surface area contributed by atoms with E-state index in [1.54, 1.807) is 0 Å². The van der Waals surface area contributed by atoms with Crippen LogP contribution >= 0.6 is 22.6 Å². The van der Waals surface area contributed by atoms with E-state index in [1.165, 1.54) is 4.90 Å². The molecule has 1 N–H and O–H groups in total. The Morgan fingerprint density at radius 2 is 2.18 bits per heavy atom. The quantitative estimate of drug-likeness (QED) is 0.659. The minimum Gasteiger partial charge on any atom is -0.444 e. The van der Waals surface area contributed by atoms with Crippen LogP contribution in [0, 0.1) is 0 Å². The van der Waals surface area contributed by atoms with E-state index in [9.17, 15) is 9.90 Å². The Bertz CT molecular complexity index is 385. The number of carbonyl (C=O) groups is 1. The van der Waals surface area contributed by atoms with Gasteiger partial charge in [0.15, 0.2) is 0 Å². The van der Waals surface area contributed by atoms with Crippen LogP contribution < -0.4 is 0 Å². The van der Waals surface area contributed by atoms with Crippen molar-refractivity contribution in [2.24, 2.45) is 0 Å². The van der Waals surface area contributed by atoms with Gasteiger partial charge in [0.05, 0.1) is 3.92 Å². The molecule has 1 saturated heterocycles. The molecule has 0 bridgehead atoms. The second-order valence-corrected chi connectivity index (χ2v) is 5.55. The van der Waals surface area contributed by atoms with Crippen molar-refractivity contribution in [3.05, 3.63) is 35.9 Å². The summed E-state index contributed by atoms with van der Waals surface area (Å²) in [4.78, 5) is 13.1. The number of ether oxygens (including phenoxy) is 1. The van der Waals surface area contributed by atoms with Gasteiger partial charge in [-0.25, -0.2) is 4.79 Å². The molecule has 0 spiro atoms. The summed E-state index contributed by atoms with van der Waals surface area (Å²) in [5.74, 6) is 0. The molecule has 1 aromatic rings. The molecule has 1 amide bonds.